The Labute approximate surface area is 67.3 Å². The van der Waals surface area contributed by atoms with Crippen molar-refractivity contribution in [1.82, 2.24) is 0 Å². The zero-order valence-corrected chi connectivity index (χ0v) is 6.93. The lowest BCUT2D eigenvalue weighted by atomic mass is 9.98. The Morgan fingerprint density at radius 3 is 2.09 bits per heavy atom. The van der Waals surface area contributed by atoms with Crippen LogP contribution in [0.25, 0.3) is 0 Å². The maximum Gasteiger partial charge on any atom is 0.231 e. The van der Waals surface area contributed by atoms with Gasteiger partial charge >= 0.3 is 0 Å². The molecule has 0 unspecified atom stereocenters. The summed E-state index contributed by atoms with van der Waals surface area (Å²) in [5.41, 5.74) is 0. The molecule has 1 fully saturated rings. The molecule has 0 amide bonds. The average molecular weight is 157 g/mol. The predicted octanol–water partition coefficient (Wildman–Crippen LogP) is 1.87. The summed E-state index contributed by atoms with van der Waals surface area (Å²) in [6.07, 6.45) is 8.08. The molecule has 0 radical (unpaired) electrons. The van der Waals surface area contributed by atoms with Crippen molar-refractivity contribution in [2.45, 2.75) is 38.2 Å². The predicted molar refractivity (Wildman–Crippen MR) is 42.3 cm³/mol. The van der Waals surface area contributed by atoms with E-state index in [1.807, 2.05) is 7.11 Å². The molecule has 0 aromatic rings. The van der Waals surface area contributed by atoms with Gasteiger partial charge in [0.25, 0.3) is 0 Å². The van der Waals surface area contributed by atoms with E-state index in [0.29, 0.717) is 6.10 Å². The van der Waals surface area contributed by atoms with Crippen LogP contribution in [0.15, 0.2) is 0 Å². The van der Waals surface area contributed by atoms with Crippen LogP contribution in [0.3, 0.4) is 0 Å². The third-order valence-electron chi connectivity index (χ3n) is 1.89. The maximum atomic E-state index is 8.35. The first-order valence-electron chi connectivity index (χ1n) is 3.91. The van der Waals surface area contributed by atoms with Gasteiger partial charge in [0, 0.05) is 7.11 Å². The highest BCUT2D eigenvalue weighted by atomic mass is 16.5. The first kappa shape index (κ1) is 10.3. The molecular weight excluding hydrogens is 142 g/mol. The third kappa shape index (κ3) is 5.77. The van der Waals surface area contributed by atoms with Crippen molar-refractivity contribution in [2.24, 2.45) is 0 Å². The Bertz CT molecular complexity index is 113. The van der Waals surface area contributed by atoms with E-state index in [0.717, 1.165) is 6.08 Å². The molecule has 0 atom stereocenters. The second kappa shape index (κ2) is 7.45. The van der Waals surface area contributed by atoms with Gasteiger partial charge in [0.05, 0.1) is 6.10 Å². The molecule has 1 aliphatic carbocycles. The summed E-state index contributed by atoms with van der Waals surface area (Å²) in [5.74, 6) is 0. The van der Waals surface area contributed by atoms with Gasteiger partial charge in [-0.25, -0.2) is 10.2 Å². The summed E-state index contributed by atoms with van der Waals surface area (Å²) in [6.45, 7) is 0. The Balaban J connectivity index is 0.000000292. The first-order chi connectivity index (χ1) is 5.35. The zero-order valence-electron chi connectivity index (χ0n) is 6.93. The Morgan fingerprint density at radius 1 is 1.36 bits per heavy atom. The standard InChI is InChI=1S/C7H14O.CHNO/c1-8-7-5-3-2-4-6-7;2-1-3/h7H,2-6H2,1H3;2H. The highest BCUT2D eigenvalue weighted by Crippen LogP contribution is 2.18. The van der Waals surface area contributed by atoms with E-state index in [2.05, 4.69) is 0 Å². The lowest BCUT2D eigenvalue weighted by Crippen LogP contribution is -2.13. The fourth-order valence-electron chi connectivity index (χ4n) is 1.30. The largest absolute Gasteiger partial charge is 0.381 e. The molecule has 1 aliphatic rings. The van der Waals surface area contributed by atoms with Gasteiger partial charge in [0.2, 0.25) is 6.08 Å². The molecule has 0 heterocycles. The second-order valence-corrected chi connectivity index (χ2v) is 2.60. The van der Waals surface area contributed by atoms with Crippen molar-refractivity contribution in [3.63, 3.8) is 0 Å². The molecule has 0 saturated heterocycles. The molecule has 1 saturated carbocycles. The summed E-state index contributed by atoms with van der Waals surface area (Å²) < 4.78 is 5.19. The van der Waals surface area contributed by atoms with Gasteiger partial charge in [-0.3, -0.25) is 0 Å². The van der Waals surface area contributed by atoms with Crippen molar-refractivity contribution >= 4 is 6.08 Å². The molecule has 64 valence electrons. The molecule has 1 N–H and O–H groups in total. The van der Waals surface area contributed by atoms with Crippen LogP contribution >= 0.6 is 0 Å². The van der Waals surface area contributed by atoms with E-state index in [9.17, 15) is 0 Å². The van der Waals surface area contributed by atoms with Gasteiger partial charge in [-0.15, -0.1) is 0 Å². The van der Waals surface area contributed by atoms with Gasteiger partial charge in [0.1, 0.15) is 0 Å². The Morgan fingerprint density at radius 2 is 1.82 bits per heavy atom. The number of rotatable bonds is 1. The number of carbonyl (C=O) groups excluding carboxylic acids is 1. The van der Waals surface area contributed by atoms with Gasteiger partial charge in [-0.1, -0.05) is 19.3 Å². The number of nitrogens with one attached hydrogen (secondary N) is 1. The molecule has 0 aliphatic heterocycles. The van der Waals surface area contributed by atoms with Crippen LogP contribution in [0.1, 0.15) is 32.1 Å². The van der Waals surface area contributed by atoms with Gasteiger partial charge < -0.3 is 4.74 Å². The fraction of sp³-hybridized carbons (Fsp3) is 0.875. The molecule has 0 aromatic carbocycles. The minimum atomic E-state index is 0.587. The number of isocyanates is 1. The summed E-state index contributed by atoms with van der Waals surface area (Å²) in [7, 11) is 1.82. The molecule has 11 heavy (non-hydrogen) atoms. The van der Waals surface area contributed by atoms with Crippen molar-refractivity contribution in [2.75, 3.05) is 7.11 Å². The van der Waals surface area contributed by atoms with E-state index in [4.69, 9.17) is 14.9 Å². The van der Waals surface area contributed by atoms with E-state index in [1.54, 1.807) is 0 Å². The van der Waals surface area contributed by atoms with Gasteiger partial charge in [0.15, 0.2) is 0 Å². The topological polar surface area (TPSA) is 50.1 Å². The van der Waals surface area contributed by atoms with Crippen LogP contribution in [0.4, 0.5) is 0 Å². The van der Waals surface area contributed by atoms with Gasteiger partial charge in [-0.05, 0) is 12.8 Å². The van der Waals surface area contributed by atoms with Crippen LogP contribution in [0, 0.1) is 5.41 Å². The quantitative estimate of drug-likeness (QED) is 0.466. The highest BCUT2D eigenvalue weighted by Gasteiger charge is 2.10. The molecule has 0 aromatic heterocycles. The van der Waals surface area contributed by atoms with Crippen LogP contribution < -0.4 is 0 Å². The maximum absolute atomic E-state index is 8.35. The van der Waals surface area contributed by atoms with E-state index in [-0.39, 0.29) is 0 Å². The Hall–Kier alpha value is -0.660. The van der Waals surface area contributed by atoms with E-state index >= 15 is 0 Å². The second-order valence-electron chi connectivity index (χ2n) is 2.60. The van der Waals surface area contributed by atoms with Gasteiger partial charge in [-0.2, -0.15) is 0 Å². The molecular formula is C8H15NO2. The highest BCUT2D eigenvalue weighted by molar-refractivity contribution is 5.26. The third-order valence-corrected chi connectivity index (χ3v) is 1.89. The normalized spacial score (nSPS) is 17.9. The number of ether oxygens (including phenoxy) is 1. The minimum absolute atomic E-state index is 0.587. The lowest BCUT2D eigenvalue weighted by molar-refractivity contribution is 0.0710. The van der Waals surface area contributed by atoms with Crippen LogP contribution in [0.2, 0.25) is 0 Å². The van der Waals surface area contributed by atoms with Crippen molar-refractivity contribution < 1.29 is 9.53 Å². The smallest absolute Gasteiger partial charge is 0.231 e. The minimum Gasteiger partial charge on any atom is -0.381 e. The van der Waals surface area contributed by atoms with Crippen molar-refractivity contribution in [1.29, 1.82) is 5.41 Å². The molecule has 1 rings (SSSR count). The molecule has 0 spiro atoms. The average Bonchev–Trinajstić information content (AvgIpc) is 2.08. The van der Waals surface area contributed by atoms with E-state index in [1.165, 1.54) is 32.1 Å². The van der Waals surface area contributed by atoms with Crippen LogP contribution in [-0.4, -0.2) is 19.3 Å². The van der Waals surface area contributed by atoms with Crippen LogP contribution in [0.5, 0.6) is 0 Å². The van der Waals surface area contributed by atoms with Crippen LogP contribution in [-0.2, 0) is 9.53 Å². The number of hydrogen-bond donors (Lipinski definition) is 1. The molecule has 3 nitrogen and oxygen atoms in total. The first-order valence-corrected chi connectivity index (χ1v) is 3.91. The SMILES string of the molecule is COC1CCCCC1.N=C=O. The van der Waals surface area contributed by atoms with E-state index < -0.39 is 0 Å². The molecule has 3 heteroatoms. The summed E-state index contributed by atoms with van der Waals surface area (Å²) in [6, 6.07) is 0. The van der Waals surface area contributed by atoms with Crippen molar-refractivity contribution in [3.05, 3.63) is 0 Å². The summed E-state index contributed by atoms with van der Waals surface area (Å²) in [5, 5.41) is 5.40. The molecule has 0 bridgehead atoms. The number of hydrogen-bond acceptors (Lipinski definition) is 3. The fourth-order valence-corrected chi connectivity index (χ4v) is 1.30. The number of methoxy groups -OCH3 is 1. The Kier molecular flexibility index (Phi) is 7.00. The summed E-state index contributed by atoms with van der Waals surface area (Å²) >= 11 is 0. The monoisotopic (exact) mass is 157 g/mol. The van der Waals surface area contributed by atoms with Crippen molar-refractivity contribution in [3.8, 4) is 0 Å². The lowest BCUT2D eigenvalue weighted by Gasteiger charge is -2.19. The zero-order chi connectivity index (χ0) is 8.53. The summed E-state index contributed by atoms with van der Waals surface area (Å²) in [4.78, 5) is 8.35.